The third-order valence-corrected chi connectivity index (χ3v) is 21.1. The molecule has 0 aromatic heterocycles. The first-order chi connectivity index (χ1) is 52.0. The number of benzene rings is 4. The summed E-state index contributed by atoms with van der Waals surface area (Å²) in [5.41, 5.74) is 7.71. The van der Waals surface area contributed by atoms with Gasteiger partial charge in [0, 0.05) is 31.0 Å². The van der Waals surface area contributed by atoms with Crippen LogP contribution in [0.1, 0.15) is 114 Å². The highest BCUT2D eigenvalue weighted by molar-refractivity contribution is 8.76. The second-order valence-electron chi connectivity index (χ2n) is 27.3. The third-order valence-electron chi connectivity index (χ3n) is 17.3. The molecule has 0 radical (unpaired) electrons. The molecule has 10 amide bonds. The van der Waals surface area contributed by atoms with Crippen LogP contribution in [0.3, 0.4) is 0 Å². The number of aryl methyl sites for hydroxylation is 1. The zero-order valence-corrected chi connectivity index (χ0v) is 64.3. The van der Waals surface area contributed by atoms with Crippen molar-refractivity contribution in [1.29, 1.82) is 0 Å². The minimum Gasteiger partial charge on any atom is -0.467 e. The summed E-state index contributed by atoms with van der Waals surface area (Å²) in [6.07, 6.45) is 1.13. The predicted octanol–water partition coefficient (Wildman–Crippen LogP) is 2.29. The number of methoxy groups -OCH3 is 1. The fourth-order valence-corrected chi connectivity index (χ4v) is 14.9. The number of fused-ring (bicyclic) bond motifs is 1. The molecule has 7 rings (SSSR count). The van der Waals surface area contributed by atoms with Crippen molar-refractivity contribution in [2.45, 2.75) is 189 Å². The molecule has 0 unspecified atom stereocenters. The van der Waals surface area contributed by atoms with Gasteiger partial charge in [-0.25, -0.2) is 22.7 Å². The van der Waals surface area contributed by atoms with Gasteiger partial charge in [0.2, 0.25) is 59.1 Å². The molecule has 1 saturated carbocycles. The van der Waals surface area contributed by atoms with Gasteiger partial charge in [-0.15, -0.1) is 0 Å². The molecule has 592 valence electrons. The molecule has 4 aromatic rings. The van der Waals surface area contributed by atoms with Crippen molar-refractivity contribution in [3.8, 4) is 0 Å². The second-order valence-corrected chi connectivity index (χ2v) is 31.6. The quantitative estimate of drug-likeness (QED) is 0.0142. The largest absolute Gasteiger partial charge is 0.467 e. The first-order valence-electron chi connectivity index (χ1n) is 35.9. The fourth-order valence-electron chi connectivity index (χ4n) is 11.6. The molecule has 2 saturated heterocycles. The van der Waals surface area contributed by atoms with Crippen LogP contribution in [0.25, 0.3) is 0 Å². The number of ether oxygens (including phenoxy) is 5. The van der Waals surface area contributed by atoms with Gasteiger partial charge in [-0.1, -0.05) is 137 Å². The van der Waals surface area contributed by atoms with Crippen molar-refractivity contribution in [2.24, 2.45) is 10.7 Å². The van der Waals surface area contributed by atoms with Crippen LogP contribution < -0.4 is 58.3 Å². The van der Waals surface area contributed by atoms with Gasteiger partial charge in [0.15, 0.2) is 0 Å². The number of esters is 2. The lowest BCUT2D eigenvalue weighted by Crippen LogP contribution is -2.60. The zero-order chi connectivity index (χ0) is 79.0. The Morgan fingerprint density at radius 3 is 1.79 bits per heavy atom. The summed E-state index contributed by atoms with van der Waals surface area (Å²) in [4.78, 5) is 178. The lowest BCUT2D eigenvalue weighted by atomic mass is 9.98. The molecular weight excluding hydrogens is 1470 g/mol. The van der Waals surface area contributed by atoms with Gasteiger partial charge in [0.25, 0.3) is 10.0 Å². The highest BCUT2D eigenvalue weighted by Gasteiger charge is 2.41. The second kappa shape index (κ2) is 43.4. The Morgan fingerprint density at radius 1 is 0.624 bits per heavy atom. The van der Waals surface area contributed by atoms with Crippen molar-refractivity contribution in [3.05, 3.63) is 138 Å². The number of amides is 10. The molecule has 35 heteroatoms. The third kappa shape index (κ3) is 29.6. The number of carbonyl (C=O) groups excluding carboxylic acids is 12. The van der Waals surface area contributed by atoms with E-state index in [2.05, 4.69) is 57.6 Å². The maximum absolute atomic E-state index is 15.1. The maximum atomic E-state index is 15.1. The van der Waals surface area contributed by atoms with Gasteiger partial charge in [0.1, 0.15) is 66.1 Å². The van der Waals surface area contributed by atoms with Crippen molar-refractivity contribution < 1.29 is 89.6 Å². The van der Waals surface area contributed by atoms with Gasteiger partial charge < -0.3 is 82.2 Å². The average molecular weight is 1570 g/mol. The molecule has 4 aromatic carbocycles. The Hall–Kier alpha value is -9.84. The number of rotatable bonds is 21. The van der Waals surface area contributed by atoms with Gasteiger partial charge in [-0.05, 0) is 115 Å². The van der Waals surface area contributed by atoms with E-state index in [1.807, 2.05) is 0 Å². The summed E-state index contributed by atoms with van der Waals surface area (Å²) < 4.78 is 56.9. The molecule has 0 spiro atoms. The number of aliphatic imine (C=N–C) groups is 1. The molecule has 2 aliphatic heterocycles. The molecule has 109 heavy (non-hydrogen) atoms. The number of nitrogens with two attached hydrogens (primary N) is 1. The number of carbonyl (C=O) groups is 12. The van der Waals surface area contributed by atoms with Crippen molar-refractivity contribution in [2.75, 3.05) is 51.5 Å². The Labute approximate surface area is 641 Å². The van der Waals surface area contributed by atoms with E-state index >= 15 is 4.79 Å². The average Bonchev–Trinajstić information content (AvgIpc) is 1.75. The van der Waals surface area contributed by atoms with E-state index in [-0.39, 0.29) is 68.4 Å². The van der Waals surface area contributed by atoms with Gasteiger partial charge in [0.05, 0.1) is 51.4 Å². The number of guanidine groups is 1. The molecule has 2 heterocycles. The number of nitrogens with zero attached hydrogens (tertiary/aromatic N) is 2. The molecule has 12 N–H and O–H groups in total. The Bertz CT molecular complexity index is 3890. The predicted molar refractivity (Wildman–Crippen MR) is 404 cm³/mol. The highest BCUT2D eigenvalue weighted by atomic mass is 33.1. The van der Waals surface area contributed by atoms with Crippen LogP contribution in [0.15, 0.2) is 125 Å². The minimum atomic E-state index is -4.19. The Balaban J connectivity index is 1.24. The molecule has 3 fully saturated rings. The number of sulfonamides is 1. The van der Waals surface area contributed by atoms with Crippen LogP contribution in [0.4, 0.5) is 4.79 Å². The van der Waals surface area contributed by atoms with E-state index in [1.165, 1.54) is 24.0 Å². The number of alkyl carbamates (subject to hydrolysis) is 1. The highest BCUT2D eigenvalue weighted by Crippen LogP contribution is 2.26. The summed E-state index contributed by atoms with van der Waals surface area (Å²) in [5.74, 6) is -11.3. The van der Waals surface area contributed by atoms with Crippen LogP contribution in [0, 0.1) is 6.92 Å². The lowest BCUT2D eigenvalue weighted by Gasteiger charge is -2.30. The van der Waals surface area contributed by atoms with Crippen LogP contribution in [0.2, 0.25) is 0 Å². The standard InChI is InChI=1S/C74H99N13O19S3/c1-46-31-33-52(34-32-46)109(100,101)86-72(75)76-35-19-29-53-64(91)77-39-61(88)79-54(38-62(89)105-51-27-17-10-18-28-51)65(92)81-55(37-48-21-11-7-12-22-48)70(97)87-36-20-30-60(87)69(96)78-47(2)63(90)82-56(42-103-40-49-23-13-8-14-24-49)66(93)83-57(43-104-41-50-25-15-9-16-26-50)67(94)84-59(71(98)102-6)45-108-107-44-58(68(95)80-53)85-73(99)106-74(3,4)5/h7-9,11-16,21-26,31-34,47,51,53-60H,10,17-20,27-30,35-45H2,1-6H3,(H,77,91)(H,78,96)(H,79,88)(H,80,95)(H,81,92)(H,82,90)(H,83,93)(H,84,94)(H,85,99)(H3,75,76,86)/t47-,53-,54-,55-,56-,57-,58-,59-,60-/m0/s1. The van der Waals surface area contributed by atoms with E-state index in [9.17, 15) is 61.2 Å². The monoisotopic (exact) mass is 1570 g/mol. The smallest absolute Gasteiger partial charge is 0.408 e. The van der Waals surface area contributed by atoms with E-state index in [4.69, 9.17) is 29.4 Å². The maximum Gasteiger partial charge on any atom is 0.408 e. The summed E-state index contributed by atoms with van der Waals surface area (Å²) in [5, 5.41) is 23.3. The Morgan fingerprint density at radius 2 is 1.18 bits per heavy atom. The van der Waals surface area contributed by atoms with Crippen molar-refractivity contribution >= 4 is 109 Å². The normalized spacial score (nSPS) is 22.8. The summed E-state index contributed by atoms with van der Waals surface area (Å²) in [7, 11) is -1.27. The van der Waals surface area contributed by atoms with Crippen molar-refractivity contribution in [3.63, 3.8) is 0 Å². The lowest BCUT2D eigenvalue weighted by molar-refractivity contribution is -0.152. The Kier molecular flexibility index (Phi) is 34.4. The molecule has 9 atom stereocenters. The van der Waals surface area contributed by atoms with Gasteiger partial charge in [-0.2, -0.15) is 0 Å². The number of hydrogen-bond acceptors (Lipinski definition) is 22. The minimum absolute atomic E-state index is 0.00884. The van der Waals surface area contributed by atoms with Crippen LogP contribution in [0.5, 0.6) is 0 Å². The number of nitrogens with one attached hydrogen (secondary N) is 10. The molecular formula is C74H99N13O19S3. The molecule has 3 aliphatic rings. The first-order valence-corrected chi connectivity index (χ1v) is 39.9. The van der Waals surface area contributed by atoms with E-state index < -0.39 is 179 Å². The fraction of sp³-hybridized carbons (Fsp3) is 0.500. The topological polar surface area (TPSA) is 447 Å². The van der Waals surface area contributed by atoms with Crippen LogP contribution in [-0.4, -0.2) is 208 Å². The van der Waals surface area contributed by atoms with Crippen molar-refractivity contribution in [1.82, 2.24) is 57.5 Å². The van der Waals surface area contributed by atoms with Gasteiger partial charge >= 0.3 is 18.0 Å². The molecule has 0 bridgehead atoms. The summed E-state index contributed by atoms with van der Waals surface area (Å²) in [6.45, 7) is 5.65. The number of hydrogen-bond donors (Lipinski definition) is 11. The summed E-state index contributed by atoms with van der Waals surface area (Å²) >= 11 is 0. The molecule has 32 nitrogen and oxygen atoms in total. The SMILES string of the molecule is COC(=O)[C@@H]1CSSC[C@H](NC(=O)OC(C)(C)C)C(=O)N[C@@H](CCCN=C(N)NS(=O)(=O)c2ccc(C)cc2)C(=O)NCC(=O)N[C@@H](CC(=O)OC2CCCCC2)C(=O)N[C@@H](Cc2ccccc2)C(=O)N2CCC[C@H]2C(=O)N[C@@H](C)C(=O)N[C@@H](COCc2ccccc2)C(=O)N[C@@H](COCc2ccccc2)C(=O)N1. The molecule has 1 aliphatic carbocycles. The first kappa shape index (κ1) is 86.4. The van der Waals surface area contributed by atoms with Gasteiger partial charge in [-0.3, -0.25) is 52.9 Å². The van der Waals surface area contributed by atoms with E-state index in [1.54, 1.807) is 131 Å². The zero-order valence-electron chi connectivity index (χ0n) is 61.8. The van der Waals surface area contributed by atoms with E-state index in [0.717, 1.165) is 53.5 Å². The summed E-state index contributed by atoms with van der Waals surface area (Å²) in [6, 6.07) is 18.6. The van der Waals surface area contributed by atoms with Crippen LogP contribution in [-0.2, 0) is 106 Å². The van der Waals surface area contributed by atoms with Crippen LogP contribution >= 0.6 is 21.6 Å². The van der Waals surface area contributed by atoms with E-state index in [0.29, 0.717) is 36.0 Å².